The zero-order valence-corrected chi connectivity index (χ0v) is 15.5. The first-order valence-electron chi connectivity index (χ1n) is 9.37. The van der Waals surface area contributed by atoms with E-state index in [4.69, 9.17) is 4.74 Å². The number of rotatable bonds is 4. The van der Waals surface area contributed by atoms with Gasteiger partial charge in [0, 0.05) is 17.8 Å². The number of aromatic nitrogens is 3. The number of ether oxygens (including phenoxy) is 1. The number of nitro groups is 1. The largest absolute Gasteiger partial charge is 0.459 e. The second-order valence-corrected chi connectivity index (χ2v) is 7.11. The molecule has 9 heteroatoms. The Morgan fingerprint density at radius 2 is 2.11 bits per heavy atom. The van der Waals surface area contributed by atoms with Crippen LogP contribution in [0.5, 0.6) is 0 Å². The summed E-state index contributed by atoms with van der Waals surface area (Å²) < 4.78 is 7.35. The predicted molar refractivity (Wildman–Crippen MR) is 101 cm³/mol. The highest BCUT2D eigenvalue weighted by molar-refractivity contribution is 5.92. The molecule has 9 nitrogen and oxygen atoms in total. The smallest absolute Gasteiger partial charge is 0.338 e. The van der Waals surface area contributed by atoms with Gasteiger partial charge in [0.2, 0.25) is 5.95 Å². The van der Waals surface area contributed by atoms with E-state index in [2.05, 4.69) is 15.4 Å². The van der Waals surface area contributed by atoms with Crippen molar-refractivity contribution >= 4 is 17.6 Å². The first-order valence-corrected chi connectivity index (χ1v) is 9.37. The summed E-state index contributed by atoms with van der Waals surface area (Å²) in [5.41, 5.74) is 1.54. The molecule has 1 atom stereocenters. The number of esters is 1. The zero-order valence-electron chi connectivity index (χ0n) is 15.5. The highest BCUT2D eigenvalue weighted by Crippen LogP contribution is 2.37. The number of benzene rings is 1. The Balaban J connectivity index is 1.73. The van der Waals surface area contributed by atoms with E-state index in [-0.39, 0.29) is 11.8 Å². The normalized spacial score (nSPS) is 19.7. The topological polar surface area (TPSA) is 112 Å². The van der Waals surface area contributed by atoms with Gasteiger partial charge in [0.15, 0.2) is 0 Å². The van der Waals surface area contributed by atoms with Gasteiger partial charge >= 0.3 is 5.97 Å². The summed E-state index contributed by atoms with van der Waals surface area (Å²) in [7, 11) is 0. The molecule has 0 spiro atoms. The fraction of sp³-hybridized carbons (Fsp3) is 0.421. The van der Waals surface area contributed by atoms with E-state index in [9.17, 15) is 14.9 Å². The molecule has 0 radical (unpaired) electrons. The molecule has 28 heavy (non-hydrogen) atoms. The molecule has 4 rings (SSSR count). The van der Waals surface area contributed by atoms with Crippen molar-refractivity contribution in [3.63, 3.8) is 0 Å². The number of fused-ring (bicyclic) bond motifs is 1. The lowest BCUT2D eigenvalue weighted by atomic mass is 9.94. The molecule has 1 unspecified atom stereocenters. The molecule has 1 aromatic carbocycles. The fourth-order valence-electron chi connectivity index (χ4n) is 3.87. The van der Waals surface area contributed by atoms with Gasteiger partial charge in [-0.3, -0.25) is 10.1 Å². The van der Waals surface area contributed by atoms with E-state index in [0.29, 0.717) is 22.8 Å². The van der Waals surface area contributed by atoms with Crippen molar-refractivity contribution in [3.05, 3.63) is 57.5 Å². The van der Waals surface area contributed by atoms with Crippen LogP contribution in [-0.2, 0) is 9.53 Å². The highest BCUT2D eigenvalue weighted by Gasteiger charge is 2.36. The number of carbonyl (C=O) groups is 1. The van der Waals surface area contributed by atoms with Crippen LogP contribution in [0.2, 0.25) is 0 Å². The molecule has 146 valence electrons. The number of nitrogens with one attached hydrogen (secondary N) is 1. The Bertz CT molecular complexity index is 945. The van der Waals surface area contributed by atoms with Gasteiger partial charge in [0.1, 0.15) is 18.5 Å². The molecular weight excluding hydrogens is 362 g/mol. The average molecular weight is 383 g/mol. The Kier molecular flexibility index (Phi) is 4.81. The summed E-state index contributed by atoms with van der Waals surface area (Å²) in [5.74, 6) is 0.0535. The summed E-state index contributed by atoms with van der Waals surface area (Å²) in [4.78, 5) is 28.0. The van der Waals surface area contributed by atoms with Crippen molar-refractivity contribution in [1.29, 1.82) is 0 Å². The maximum Gasteiger partial charge on any atom is 0.338 e. The van der Waals surface area contributed by atoms with Gasteiger partial charge in [-0.2, -0.15) is 10.1 Å². The van der Waals surface area contributed by atoms with Gasteiger partial charge in [-0.25, -0.2) is 9.48 Å². The van der Waals surface area contributed by atoms with Crippen LogP contribution < -0.4 is 5.32 Å². The molecule has 0 amide bonds. The predicted octanol–water partition coefficient (Wildman–Crippen LogP) is 3.35. The number of carbonyl (C=O) groups excluding carboxylic acids is 1. The molecule has 1 aliphatic carbocycles. The van der Waals surface area contributed by atoms with Crippen LogP contribution in [-0.4, -0.2) is 31.8 Å². The molecule has 2 aliphatic rings. The standard InChI is InChI=1S/C19H21N5O4/c1-12-16(18(25)28-15-8-3-2-4-9-15)17(23-19(22-12)20-11-21-23)13-6-5-7-14(10-13)24(26)27/h5-7,10-11,15,17H,2-4,8-9H2,1H3,(H,20,21,22). The molecule has 1 N–H and O–H groups in total. The van der Waals surface area contributed by atoms with Gasteiger partial charge < -0.3 is 10.1 Å². The van der Waals surface area contributed by atoms with Crippen LogP contribution in [0, 0.1) is 10.1 Å². The van der Waals surface area contributed by atoms with Crippen LogP contribution in [0.1, 0.15) is 50.6 Å². The molecule has 0 saturated heterocycles. The monoisotopic (exact) mass is 383 g/mol. The van der Waals surface area contributed by atoms with Gasteiger partial charge in [0.05, 0.1) is 10.5 Å². The second-order valence-electron chi connectivity index (χ2n) is 7.11. The van der Waals surface area contributed by atoms with Crippen LogP contribution >= 0.6 is 0 Å². The maximum absolute atomic E-state index is 13.1. The molecule has 2 heterocycles. The third kappa shape index (κ3) is 3.35. The Hall–Kier alpha value is -3.23. The number of nitrogens with zero attached hydrogens (tertiary/aromatic N) is 4. The van der Waals surface area contributed by atoms with Crippen LogP contribution in [0.4, 0.5) is 11.6 Å². The van der Waals surface area contributed by atoms with Gasteiger partial charge in [-0.1, -0.05) is 18.6 Å². The van der Waals surface area contributed by atoms with E-state index >= 15 is 0 Å². The number of hydrogen-bond donors (Lipinski definition) is 1. The Morgan fingerprint density at radius 3 is 2.86 bits per heavy atom. The molecule has 0 bridgehead atoms. The summed E-state index contributed by atoms with van der Waals surface area (Å²) in [6, 6.07) is 5.59. The van der Waals surface area contributed by atoms with E-state index in [0.717, 1.165) is 32.1 Å². The number of nitro benzene ring substituents is 1. The summed E-state index contributed by atoms with van der Waals surface area (Å²) in [6.07, 6.45) is 6.28. The van der Waals surface area contributed by atoms with Crippen LogP contribution in [0.25, 0.3) is 0 Å². The lowest BCUT2D eigenvalue weighted by Crippen LogP contribution is -2.32. The molecule has 1 fully saturated rings. The average Bonchev–Trinajstić information content (AvgIpc) is 3.15. The molecule has 2 aromatic rings. The van der Waals surface area contributed by atoms with E-state index < -0.39 is 16.9 Å². The molecule has 1 aromatic heterocycles. The van der Waals surface area contributed by atoms with Crippen molar-refractivity contribution in [2.45, 2.75) is 51.2 Å². The quantitative estimate of drug-likeness (QED) is 0.489. The molecular formula is C19H21N5O4. The first kappa shape index (κ1) is 18.1. The van der Waals surface area contributed by atoms with Crippen molar-refractivity contribution in [3.8, 4) is 0 Å². The summed E-state index contributed by atoms with van der Waals surface area (Å²) in [5, 5.41) is 18.5. The van der Waals surface area contributed by atoms with E-state index in [1.165, 1.54) is 18.5 Å². The zero-order chi connectivity index (χ0) is 19.7. The van der Waals surface area contributed by atoms with Crippen molar-refractivity contribution in [2.24, 2.45) is 0 Å². The highest BCUT2D eigenvalue weighted by atomic mass is 16.6. The van der Waals surface area contributed by atoms with E-state index in [1.54, 1.807) is 23.7 Å². The summed E-state index contributed by atoms with van der Waals surface area (Å²) in [6.45, 7) is 1.78. The van der Waals surface area contributed by atoms with Gasteiger partial charge in [-0.15, -0.1) is 0 Å². The number of hydrogen-bond acceptors (Lipinski definition) is 7. The molecule has 1 saturated carbocycles. The minimum atomic E-state index is -0.644. The molecule has 1 aliphatic heterocycles. The lowest BCUT2D eigenvalue weighted by Gasteiger charge is -2.30. The minimum Gasteiger partial charge on any atom is -0.459 e. The third-order valence-corrected chi connectivity index (χ3v) is 5.24. The lowest BCUT2D eigenvalue weighted by molar-refractivity contribution is -0.384. The number of allylic oxidation sites excluding steroid dienone is 1. The van der Waals surface area contributed by atoms with Crippen LogP contribution in [0.15, 0.2) is 41.9 Å². The van der Waals surface area contributed by atoms with Crippen molar-refractivity contribution < 1.29 is 14.5 Å². The SMILES string of the molecule is CC1=C(C(=O)OC2CCCCC2)C(c2cccc([N+](=O)[O-])c2)n2ncnc2N1. The van der Waals surface area contributed by atoms with Gasteiger partial charge in [-0.05, 0) is 38.2 Å². The second kappa shape index (κ2) is 7.41. The first-order chi connectivity index (χ1) is 13.5. The van der Waals surface area contributed by atoms with E-state index in [1.807, 2.05) is 0 Å². The van der Waals surface area contributed by atoms with Crippen LogP contribution in [0.3, 0.4) is 0 Å². The summed E-state index contributed by atoms with van der Waals surface area (Å²) >= 11 is 0. The van der Waals surface area contributed by atoms with Crippen molar-refractivity contribution in [2.75, 3.05) is 5.32 Å². The van der Waals surface area contributed by atoms with Gasteiger partial charge in [0.25, 0.3) is 5.69 Å². The Morgan fingerprint density at radius 1 is 1.32 bits per heavy atom. The number of non-ortho nitro benzene ring substituents is 1. The Labute approximate surface area is 161 Å². The number of anilines is 1. The third-order valence-electron chi connectivity index (χ3n) is 5.24. The fourth-order valence-corrected chi connectivity index (χ4v) is 3.87. The maximum atomic E-state index is 13.1. The minimum absolute atomic E-state index is 0.0460. The van der Waals surface area contributed by atoms with Crippen molar-refractivity contribution in [1.82, 2.24) is 14.8 Å².